The van der Waals surface area contributed by atoms with E-state index in [4.69, 9.17) is 10.4 Å². The summed E-state index contributed by atoms with van der Waals surface area (Å²) >= 11 is 0. The monoisotopic (exact) mass is 241 g/mol. The molecular formula is C10H15N3O4. The molecule has 0 spiro atoms. The molecule has 0 bridgehead atoms. The van der Waals surface area contributed by atoms with Crippen LogP contribution in [0, 0.1) is 11.3 Å². The molecule has 1 rings (SSSR count). The number of likely N-dealkylation sites (tertiary alicyclic amines) is 1. The smallest absolute Gasteiger partial charge is 0.326 e. The molecule has 0 saturated carbocycles. The number of hydrogen-bond donors (Lipinski definition) is 2. The Balaban J connectivity index is 2.67. The van der Waals surface area contributed by atoms with Gasteiger partial charge < -0.3 is 20.0 Å². The molecule has 0 radical (unpaired) electrons. The molecule has 7 heteroatoms. The van der Waals surface area contributed by atoms with Crippen LogP contribution in [0.25, 0.3) is 0 Å². The lowest BCUT2D eigenvalue weighted by atomic mass is 10.2. The van der Waals surface area contributed by atoms with Crippen molar-refractivity contribution in [1.29, 1.82) is 5.26 Å². The molecule has 2 atom stereocenters. The molecule has 0 aliphatic carbocycles. The first kappa shape index (κ1) is 13.3. The molecule has 94 valence electrons. The third-order valence-corrected chi connectivity index (χ3v) is 2.70. The second-order valence-electron chi connectivity index (χ2n) is 4.01. The second kappa shape index (κ2) is 5.50. The van der Waals surface area contributed by atoms with Crippen LogP contribution >= 0.6 is 0 Å². The molecular weight excluding hydrogens is 226 g/mol. The Morgan fingerprint density at radius 1 is 1.59 bits per heavy atom. The molecule has 1 saturated heterocycles. The minimum Gasteiger partial charge on any atom is -0.480 e. The van der Waals surface area contributed by atoms with E-state index >= 15 is 0 Å². The van der Waals surface area contributed by atoms with Crippen LogP contribution < -0.4 is 0 Å². The molecule has 2 amide bonds. The highest BCUT2D eigenvalue weighted by Gasteiger charge is 2.39. The normalized spacial score (nSPS) is 23.2. The third kappa shape index (κ3) is 3.07. The Kier molecular flexibility index (Phi) is 4.29. The van der Waals surface area contributed by atoms with Gasteiger partial charge in [0.1, 0.15) is 6.04 Å². The molecule has 1 aliphatic heterocycles. The number of carbonyl (C=O) groups is 2. The molecule has 0 aromatic heterocycles. The van der Waals surface area contributed by atoms with Crippen molar-refractivity contribution in [2.75, 3.05) is 20.1 Å². The van der Waals surface area contributed by atoms with Gasteiger partial charge in [-0.25, -0.2) is 9.59 Å². The Labute approximate surface area is 98.8 Å². The fraction of sp³-hybridized carbons (Fsp3) is 0.700. The minimum absolute atomic E-state index is 0.0205. The van der Waals surface area contributed by atoms with E-state index in [-0.39, 0.29) is 25.9 Å². The predicted molar refractivity (Wildman–Crippen MR) is 57.0 cm³/mol. The fourth-order valence-electron chi connectivity index (χ4n) is 1.79. The number of carboxylic acids is 1. The SMILES string of the molecule is CN(CCC#N)C(=O)N1C[C@H](O)C[C@H]1C(=O)O. The Hall–Kier alpha value is -1.81. The Morgan fingerprint density at radius 2 is 2.24 bits per heavy atom. The number of aliphatic hydroxyl groups excluding tert-OH is 1. The topological polar surface area (TPSA) is 105 Å². The standard InChI is InChI=1S/C10H15N3O4/c1-12(4-2-3-11)10(17)13-6-7(14)5-8(13)9(15)16/h7-8,14H,2,4-6H2,1H3,(H,15,16)/t7-,8+/m1/s1. The fourth-order valence-corrected chi connectivity index (χ4v) is 1.79. The van der Waals surface area contributed by atoms with Crippen LogP contribution in [0.3, 0.4) is 0 Å². The maximum Gasteiger partial charge on any atom is 0.326 e. The van der Waals surface area contributed by atoms with E-state index < -0.39 is 24.1 Å². The van der Waals surface area contributed by atoms with Gasteiger partial charge in [0, 0.05) is 26.6 Å². The van der Waals surface area contributed by atoms with E-state index in [1.165, 1.54) is 11.9 Å². The lowest BCUT2D eigenvalue weighted by molar-refractivity contribution is -0.141. The minimum atomic E-state index is -1.12. The van der Waals surface area contributed by atoms with E-state index in [1.807, 2.05) is 6.07 Å². The molecule has 0 aromatic rings. The summed E-state index contributed by atoms with van der Waals surface area (Å²) in [5.41, 5.74) is 0. The van der Waals surface area contributed by atoms with Gasteiger partial charge in [0.15, 0.2) is 0 Å². The average Bonchev–Trinajstić information content (AvgIpc) is 2.67. The number of hydrogen-bond acceptors (Lipinski definition) is 4. The van der Waals surface area contributed by atoms with Crippen LogP contribution in [-0.4, -0.2) is 64.3 Å². The molecule has 2 N–H and O–H groups in total. The van der Waals surface area contributed by atoms with Gasteiger partial charge in [-0.2, -0.15) is 5.26 Å². The summed E-state index contributed by atoms with van der Waals surface area (Å²) in [5, 5.41) is 26.7. The van der Waals surface area contributed by atoms with Crippen molar-refractivity contribution in [2.24, 2.45) is 0 Å². The maximum absolute atomic E-state index is 11.9. The number of urea groups is 1. The summed E-state index contributed by atoms with van der Waals surface area (Å²) in [6.45, 7) is 0.265. The highest BCUT2D eigenvalue weighted by Crippen LogP contribution is 2.19. The zero-order valence-electron chi connectivity index (χ0n) is 9.54. The molecule has 1 aliphatic rings. The van der Waals surface area contributed by atoms with Crippen LogP contribution in [0.5, 0.6) is 0 Å². The zero-order chi connectivity index (χ0) is 13.0. The van der Waals surface area contributed by atoms with Gasteiger partial charge in [-0.15, -0.1) is 0 Å². The number of amides is 2. The highest BCUT2D eigenvalue weighted by molar-refractivity contribution is 5.83. The van der Waals surface area contributed by atoms with Gasteiger partial charge in [-0.05, 0) is 0 Å². The summed E-state index contributed by atoms with van der Waals surface area (Å²) in [6.07, 6.45) is -0.562. The van der Waals surface area contributed by atoms with Crippen LogP contribution in [0.2, 0.25) is 0 Å². The van der Waals surface area contributed by atoms with Crippen molar-refractivity contribution in [3.8, 4) is 6.07 Å². The number of nitrogens with zero attached hydrogens (tertiary/aromatic N) is 3. The van der Waals surface area contributed by atoms with Crippen LogP contribution in [-0.2, 0) is 4.79 Å². The van der Waals surface area contributed by atoms with Gasteiger partial charge >= 0.3 is 12.0 Å². The molecule has 0 aromatic carbocycles. The highest BCUT2D eigenvalue weighted by atomic mass is 16.4. The van der Waals surface area contributed by atoms with Crippen molar-refractivity contribution in [1.82, 2.24) is 9.80 Å². The summed E-state index contributed by atoms with van der Waals surface area (Å²) in [5.74, 6) is -1.12. The molecule has 7 nitrogen and oxygen atoms in total. The molecule has 0 unspecified atom stereocenters. The van der Waals surface area contributed by atoms with Crippen molar-refractivity contribution >= 4 is 12.0 Å². The summed E-state index contributed by atoms with van der Waals surface area (Å²) < 4.78 is 0. The first-order valence-corrected chi connectivity index (χ1v) is 5.27. The molecule has 1 fully saturated rings. The van der Waals surface area contributed by atoms with Crippen LogP contribution in [0.15, 0.2) is 0 Å². The van der Waals surface area contributed by atoms with Crippen molar-refractivity contribution in [3.63, 3.8) is 0 Å². The number of rotatable bonds is 3. The average molecular weight is 241 g/mol. The third-order valence-electron chi connectivity index (χ3n) is 2.70. The van der Waals surface area contributed by atoms with Gasteiger partial charge in [0.2, 0.25) is 0 Å². The van der Waals surface area contributed by atoms with E-state index in [1.54, 1.807) is 0 Å². The van der Waals surface area contributed by atoms with Crippen molar-refractivity contribution < 1.29 is 19.8 Å². The lowest BCUT2D eigenvalue weighted by Gasteiger charge is -2.26. The summed E-state index contributed by atoms with van der Waals surface area (Å²) in [6, 6.07) is 0.456. The first-order valence-electron chi connectivity index (χ1n) is 5.27. The number of aliphatic hydroxyl groups is 1. The Morgan fingerprint density at radius 3 is 2.76 bits per heavy atom. The van der Waals surface area contributed by atoms with Crippen molar-refractivity contribution in [3.05, 3.63) is 0 Å². The quantitative estimate of drug-likeness (QED) is 0.691. The summed E-state index contributed by atoms with van der Waals surface area (Å²) in [7, 11) is 1.50. The lowest BCUT2D eigenvalue weighted by Crippen LogP contribution is -2.47. The second-order valence-corrected chi connectivity index (χ2v) is 4.01. The van der Waals surface area contributed by atoms with Crippen molar-refractivity contribution in [2.45, 2.75) is 25.0 Å². The van der Waals surface area contributed by atoms with Crippen LogP contribution in [0.4, 0.5) is 4.79 Å². The van der Waals surface area contributed by atoms with Gasteiger partial charge in [0.25, 0.3) is 0 Å². The van der Waals surface area contributed by atoms with Crippen LogP contribution in [0.1, 0.15) is 12.8 Å². The number of carbonyl (C=O) groups excluding carboxylic acids is 1. The number of β-amino-alcohol motifs (C(OH)–C–C–N with tert-alkyl or cyclic N) is 1. The predicted octanol–water partition coefficient (Wildman–Crippen LogP) is -0.528. The van der Waals surface area contributed by atoms with E-state index in [9.17, 15) is 14.7 Å². The van der Waals surface area contributed by atoms with Gasteiger partial charge in [0.05, 0.1) is 18.6 Å². The van der Waals surface area contributed by atoms with E-state index in [0.717, 1.165) is 4.90 Å². The van der Waals surface area contributed by atoms with E-state index in [2.05, 4.69) is 0 Å². The number of nitriles is 1. The Bertz CT molecular complexity index is 352. The zero-order valence-corrected chi connectivity index (χ0v) is 9.54. The first-order chi connectivity index (χ1) is 7.97. The van der Waals surface area contributed by atoms with Gasteiger partial charge in [-0.1, -0.05) is 0 Å². The van der Waals surface area contributed by atoms with Gasteiger partial charge in [-0.3, -0.25) is 0 Å². The molecule has 17 heavy (non-hydrogen) atoms. The number of carboxylic acid groups (broad SMARTS) is 1. The largest absolute Gasteiger partial charge is 0.480 e. The molecule has 1 heterocycles. The van der Waals surface area contributed by atoms with E-state index in [0.29, 0.717) is 0 Å². The number of aliphatic carboxylic acids is 1. The summed E-state index contributed by atoms with van der Waals surface area (Å²) in [4.78, 5) is 25.2. The maximum atomic E-state index is 11.9.